The largest absolute Gasteiger partial charge is 0.490 e. The van der Waals surface area contributed by atoms with Crippen LogP contribution in [0.2, 0.25) is 5.02 Å². The van der Waals surface area contributed by atoms with Crippen molar-refractivity contribution < 1.29 is 9.47 Å². The molecule has 0 saturated carbocycles. The van der Waals surface area contributed by atoms with Crippen molar-refractivity contribution >= 4 is 11.6 Å². The Hall–Kier alpha value is -2.83. The molecule has 1 aromatic heterocycles. The fourth-order valence-corrected chi connectivity index (χ4v) is 3.95. The lowest BCUT2D eigenvalue weighted by Crippen LogP contribution is -2.35. The number of nitrogens with one attached hydrogen (secondary N) is 1. The summed E-state index contributed by atoms with van der Waals surface area (Å²) in [6, 6.07) is 13.4. The van der Waals surface area contributed by atoms with E-state index in [2.05, 4.69) is 16.0 Å². The molecule has 6 nitrogen and oxygen atoms in total. The average molecular weight is 440 g/mol. The van der Waals surface area contributed by atoms with Crippen molar-refractivity contribution in [1.29, 1.82) is 0 Å². The van der Waals surface area contributed by atoms with Crippen LogP contribution < -0.4 is 15.0 Å². The van der Waals surface area contributed by atoms with E-state index in [0.29, 0.717) is 37.0 Å². The smallest absolute Gasteiger partial charge is 0.254 e. The maximum absolute atomic E-state index is 12.6. The molecule has 31 heavy (non-hydrogen) atoms. The van der Waals surface area contributed by atoms with Crippen LogP contribution in [0.3, 0.4) is 0 Å². The molecule has 0 bridgehead atoms. The number of benzene rings is 2. The Balaban J connectivity index is 1.55. The first-order valence-corrected chi connectivity index (χ1v) is 10.9. The van der Waals surface area contributed by atoms with E-state index in [0.717, 1.165) is 47.0 Å². The summed E-state index contributed by atoms with van der Waals surface area (Å²) in [5.74, 6) is 2.10. The minimum Gasteiger partial charge on any atom is -0.490 e. The van der Waals surface area contributed by atoms with E-state index < -0.39 is 0 Å². The summed E-state index contributed by atoms with van der Waals surface area (Å²) in [7, 11) is 0. The van der Waals surface area contributed by atoms with Gasteiger partial charge >= 0.3 is 0 Å². The normalized spacial score (nSPS) is 13.6. The van der Waals surface area contributed by atoms with Crippen LogP contribution in [0.1, 0.15) is 30.7 Å². The van der Waals surface area contributed by atoms with Crippen LogP contribution in [0.4, 0.5) is 0 Å². The van der Waals surface area contributed by atoms with Gasteiger partial charge in [0.1, 0.15) is 5.82 Å². The van der Waals surface area contributed by atoms with Gasteiger partial charge in [-0.25, -0.2) is 4.98 Å². The zero-order chi connectivity index (χ0) is 21.8. The van der Waals surface area contributed by atoms with Crippen LogP contribution in [0.25, 0.3) is 11.4 Å². The molecule has 0 spiro atoms. The van der Waals surface area contributed by atoms with E-state index in [1.54, 1.807) is 12.1 Å². The quantitative estimate of drug-likeness (QED) is 0.589. The highest BCUT2D eigenvalue weighted by Gasteiger charge is 2.22. The molecule has 162 valence electrons. The number of aromatic nitrogens is 2. The first kappa shape index (κ1) is 21.4. The van der Waals surface area contributed by atoms with Gasteiger partial charge in [0.05, 0.1) is 18.9 Å². The van der Waals surface area contributed by atoms with Gasteiger partial charge in [0.25, 0.3) is 5.56 Å². The van der Waals surface area contributed by atoms with Gasteiger partial charge in [-0.3, -0.25) is 9.69 Å². The fourth-order valence-electron chi connectivity index (χ4n) is 3.83. The molecule has 2 aromatic carbocycles. The van der Waals surface area contributed by atoms with Gasteiger partial charge in [0, 0.05) is 35.8 Å². The fraction of sp³-hybridized carbons (Fsp3) is 0.333. The molecule has 2 heterocycles. The Bertz CT molecular complexity index is 1110. The van der Waals surface area contributed by atoms with E-state index in [1.807, 2.05) is 38.1 Å². The number of hydrogen-bond donors (Lipinski definition) is 1. The highest BCUT2D eigenvalue weighted by atomic mass is 35.5. The number of H-pyrrole nitrogens is 1. The Labute approximate surface area is 186 Å². The second-order valence-electron chi connectivity index (χ2n) is 7.45. The third kappa shape index (κ3) is 4.92. The summed E-state index contributed by atoms with van der Waals surface area (Å²) < 4.78 is 11.4. The average Bonchev–Trinajstić information content (AvgIpc) is 2.76. The molecule has 0 atom stereocenters. The lowest BCUT2D eigenvalue weighted by atomic mass is 10.0. The lowest BCUT2D eigenvalue weighted by Gasteiger charge is -2.28. The molecule has 0 radical (unpaired) electrons. The third-order valence-corrected chi connectivity index (χ3v) is 5.54. The van der Waals surface area contributed by atoms with Gasteiger partial charge in [0.15, 0.2) is 11.5 Å². The van der Waals surface area contributed by atoms with Crippen LogP contribution >= 0.6 is 11.6 Å². The molecule has 0 saturated heterocycles. The lowest BCUT2D eigenvalue weighted by molar-refractivity contribution is 0.239. The first-order valence-electron chi connectivity index (χ1n) is 10.6. The van der Waals surface area contributed by atoms with Crippen molar-refractivity contribution in [2.24, 2.45) is 0 Å². The summed E-state index contributed by atoms with van der Waals surface area (Å²) in [5, 5.41) is 0.650. The van der Waals surface area contributed by atoms with Crippen molar-refractivity contribution in [3.05, 3.63) is 74.7 Å². The predicted octanol–water partition coefficient (Wildman–Crippen LogP) is 4.45. The molecular weight excluding hydrogens is 414 g/mol. The Morgan fingerprint density at radius 3 is 2.55 bits per heavy atom. The van der Waals surface area contributed by atoms with E-state index in [4.69, 9.17) is 26.1 Å². The number of hydrogen-bond acceptors (Lipinski definition) is 5. The summed E-state index contributed by atoms with van der Waals surface area (Å²) >= 11 is 5.98. The monoisotopic (exact) mass is 439 g/mol. The summed E-state index contributed by atoms with van der Waals surface area (Å²) in [6.45, 7) is 7.27. The van der Waals surface area contributed by atoms with Gasteiger partial charge < -0.3 is 14.5 Å². The van der Waals surface area contributed by atoms with E-state index in [-0.39, 0.29) is 5.56 Å². The SMILES string of the molecule is CCOc1ccc(CN2CCc3c(nc(-c4ccc(Cl)cc4)[nH]c3=O)C2)cc1OCC. The number of fused-ring (bicyclic) bond motifs is 1. The van der Waals surface area contributed by atoms with Gasteiger partial charge in [-0.15, -0.1) is 0 Å². The van der Waals surface area contributed by atoms with Crippen molar-refractivity contribution in [3.8, 4) is 22.9 Å². The van der Waals surface area contributed by atoms with Crippen LogP contribution in [-0.2, 0) is 19.5 Å². The Kier molecular flexibility index (Phi) is 6.59. The van der Waals surface area contributed by atoms with E-state index in [9.17, 15) is 4.79 Å². The maximum atomic E-state index is 12.6. The van der Waals surface area contributed by atoms with Gasteiger partial charge in [-0.2, -0.15) is 0 Å². The van der Waals surface area contributed by atoms with Crippen molar-refractivity contribution in [1.82, 2.24) is 14.9 Å². The predicted molar refractivity (Wildman–Crippen MR) is 122 cm³/mol. The molecule has 7 heteroatoms. The molecule has 0 fully saturated rings. The molecule has 0 aliphatic carbocycles. The van der Waals surface area contributed by atoms with Crippen molar-refractivity contribution in [2.45, 2.75) is 33.4 Å². The number of aromatic amines is 1. The molecule has 0 unspecified atom stereocenters. The zero-order valence-electron chi connectivity index (χ0n) is 17.8. The minimum atomic E-state index is -0.0608. The Morgan fingerprint density at radius 1 is 1.06 bits per heavy atom. The molecule has 1 N–H and O–H groups in total. The number of halogens is 1. The van der Waals surface area contributed by atoms with Crippen LogP contribution in [0, 0.1) is 0 Å². The summed E-state index contributed by atoms with van der Waals surface area (Å²) in [5.41, 5.74) is 3.52. The number of nitrogens with zero attached hydrogens (tertiary/aromatic N) is 2. The summed E-state index contributed by atoms with van der Waals surface area (Å²) in [6.07, 6.45) is 0.675. The topological polar surface area (TPSA) is 67.5 Å². The molecule has 4 rings (SSSR count). The third-order valence-electron chi connectivity index (χ3n) is 5.28. The molecule has 1 aliphatic heterocycles. The maximum Gasteiger partial charge on any atom is 0.254 e. The summed E-state index contributed by atoms with van der Waals surface area (Å²) in [4.78, 5) is 22.6. The van der Waals surface area contributed by atoms with Gasteiger partial charge in [0.2, 0.25) is 0 Å². The number of rotatable bonds is 7. The standard InChI is InChI=1S/C24H26ClN3O3/c1-3-30-21-10-5-16(13-22(21)31-4-2)14-28-12-11-19-20(15-28)26-23(27-24(19)29)17-6-8-18(25)9-7-17/h5-10,13H,3-4,11-12,14-15H2,1-2H3,(H,26,27,29). The van der Waals surface area contributed by atoms with E-state index >= 15 is 0 Å². The van der Waals surface area contributed by atoms with Crippen molar-refractivity contribution in [2.75, 3.05) is 19.8 Å². The van der Waals surface area contributed by atoms with Crippen LogP contribution in [0.15, 0.2) is 47.3 Å². The van der Waals surface area contributed by atoms with Crippen LogP contribution in [-0.4, -0.2) is 34.6 Å². The minimum absolute atomic E-state index is 0.0608. The molecule has 0 amide bonds. The second kappa shape index (κ2) is 9.54. The van der Waals surface area contributed by atoms with Gasteiger partial charge in [-0.05, 0) is 62.2 Å². The van der Waals surface area contributed by atoms with Crippen molar-refractivity contribution in [3.63, 3.8) is 0 Å². The van der Waals surface area contributed by atoms with Gasteiger partial charge in [-0.1, -0.05) is 17.7 Å². The molecule has 1 aliphatic rings. The van der Waals surface area contributed by atoms with Crippen LogP contribution in [0.5, 0.6) is 11.5 Å². The first-order chi connectivity index (χ1) is 15.1. The molecular formula is C24H26ClN3O3. The highest BCUT2D eigenvalue weighted by Crippen LogP contribution is 2.30. The zero-order valence-corrected chi connectivity index (χ0v) is 18.5. The Morgan fingerprint density at radius 2 is 1.81 bits per heavy atom. The van der Waals surface area contributed by atoms with E-state index in [1.165, 1.54) is 0 Å². The highest BCUT2D eigenvalue weighted by molar-refractivity contribution is 6.30. The second-order valence-corrected chi connectivity index (χ2v) is 7.89. The molecule has 3 aromatic rings. The number of ether oxygens (including phenoxy) is 2.